The maximum atomic E-state index is 12.4. The molecular formula is C21H33ClN2O3. The molecule has 0 spiro atoms. The molecule has 1 aromatic rings. The molecule has 6 heteroatoms. The van der Waals surface area contributed by atoms with Crippen LogP contribution in [-0.2, 0) is 17.8 Å². The van der Waals surface area contributed by atoms with Crippen molar-refractivity contribution in [1.82, 2.24) is 10.6 Å². The van der Waals surface area contributed by atoms with E-state index >= 15 is 0 Å². The molecule has 0 aliphatic carbocycles. The molecule has 5 nitrogen and oxygen atoms in total. The molecule has 2 N–H and O–H groups in total. The van der Waals surface area contributed by atoms with Crippen LogP contribution in [0.2, 0.25) is 0 Å². The minimum atomic E-state index is 0. The Morgan fingerprint density at radius 2 is 2.19 bits per heavy atom. The van der Waals surface area contributed by atoms with Crippen LogP contribution in [0.3, 0.4) is 0 Å². The van der Waals surface area contributed by atoms with Gasteiger partial charge in [0.1, 0.15) is 0 Å². The zero-order chi connectivity index (χ0) is 18.9. The van der Waals surface area contributed by atoms with Gasteiger partial charge in [0.15, 0.2) is 11.5 Å². The van der Waals surface area contributed by atoms with Crippen LogP contribution in [0.25, 0.3) is 0 Å². The van der Waals surface area contributed by atoms with Gasteiger partial charge >= 0.3 is 0 Å². The molecule has 2 atom stereocenters. The van der Waals surface area contributed by atoms with Crippen molar-refractivity contribution in [1.29, 1.82) is 0 Å². The fourth-order valence-corrected chi connectivity index (χ4v) is 3.61. The second-order valence-electron chi connectivity index (χ2n) is 7.05. The normalized spacial score (nSPS) is 17.4. The fourth-order valence-electron chi connectivity index (χ4n) is 3.61. The van der Waals surface area contributed by atoms with Crippen molar-refractivity contribution in [3.63, 3.8) is 0 Å². The number of piperidine rings is 1. The van der Waals surface area contributed by atoms with Gasteiger partial charge in [0, 0.05) is 18.5 Å². The summed E-state index contributed by atoms with van der Waals surface area (Å²) in [7, 11) is 3.26. The van der Waals surface area contributed by atoms with E-state index < -0.39 is 0 Å². The molecule has 1 aliphatic rings. The molecule has 0 saturated carbocycles. The SMILES string of the molecule is C=CCc1cc(CNC(=O)CC(C)C2CCCNC2)cc(OC)c1OC.Cl. The molecule has 0 aromatic heterocycles. The number of benzene rings is 1. The predicted octanol–water partition coefficient (Wildman–Crippen LogP) is 3.50. The van der Waals surface area contributed by atoms with Gasteiger partial charge in [0.05, 0.1) is 14.2 Å². The van der Waals surface area contributed by atoms with Crippen LogP contribution >= 0.6 is 12.4 Å². The Balaban J connectivity index is 0.00000364. The third-order valence-corrected chi connectivity index (χ3v) is 5.12. The maximum Gasteiger partial charge on any atom is 0.220 e. The number of carbonyl (C=O) groups excluding carboxylic acids is 1. The predicted molar refractivity (Wildman–Crippen MR) is 112 cm³/mol. The Morgan fingerprint density at radius 1 is 1.41 bits per heavy atom. The van der Waals surface area contributed by atoms with Gasteiger partial charge < -0.3 is 20.1 Å². The largest absolute Gasteiger partial charge is 0.493 e. The van der Waals surface area contributed by atoms with Crippen LogP contribution in [0, 0.1) is 11.8 Å². The summed E-state index contributed by atoms with van der Waals surface area (Å²) < 4.78 is 10.9. The van der Waals surface area contributed by atoms with Crippen LogP contribution in [0.1, 0.15) is 37.3 Å². The average molecular weight is 397 g/mol. The number of ether oxygens (including phenoxy) is 2. The fraction of sp³-hybridized carbons (Fsp3) is 0.571. The zero-order valence-corrected chi connectivity index (χ0v) is 17.5. The van der Waals surface area contributed by atoms with Crippen molar-refractivity contribution in [2.24, 2.45) is 11.8 Å². The molecule has 2 unspecified atom stereocenters. The number of nitrogens with one attached hydrogen (secondary N) is 2. The number of carbonyl (C=O) groups is 1. The Kier molecular flexibility index (Phi) is 10.3. The first-order valence-corrected chi connectivity index (χ1v) is 9.41. The van der Waals surface area contributed by atoms with Gasteiger partial charge in [-0.3, -0.25) is 4.79 Å². The van der Waals surface area contributed by atoms with Crippen LogP contribution in [0.5, 0.6) is 11.5 Å². The second kappa shape index (κ2) is 11.9. The summed E-state index contributed by atoms with van der Waals surface area (Å²) in [6.45, 7) is 8.58. The highest BCUT2D eigenvalue weighted by molar-refractivity contribution is 5.85. The van der Waals surface area contributed by atoms with Crippen molar-refractivity contribution in [2.45, 2.75) is 39.2 Å². The summed E-state index contributed by atoms with van der Waals surface area (Å²) in [5.41, 5.74) is 2.01. The lowest BCUT2D eigenvalue weighted by Gasteiger charge is -2.28. The van der Waals surface area contributed by atoms with Gasteiger partial charge in [-0.15, -0.1) is 19.0 Å². The highest BCUT2D eigenvalue weighted by Crippen LogP contribution is 2.33. The summed E-state index contributed by atoms with van der Waals surface area (Å²) >= 11 is 0. The van der Waals surface area contributed by atoms with E-state index in [0.29, 0.717) is 37.0 Å². The Morgan fingerprint density at radius 3 is 2.78 bits per heavy atom. The zero-order valence-electron chi connectivity index (χ0n) is 16.7. The Hall–Kier alpha value is -1.72. The van der Waals surface area contributed by atoms with E-state index in [1.165, 1.54) is 12.8 Å². The van der Waals surface area contributed by atoms with Crippen molar-refractivity contribution < 1.29 is 14.3 Å². The molecule has 1 aromatic carbocycles. The number of hydrogen-bond acceptors (Lipinski definition) is 4. The summed E-state index contributed by atoms with van der Waals surface area (Å²) in [5, 5.41) is 6.47. The molecule has 152 valence electrons. The first kappa shape index (κ1) is 23.3. The average Bonchev–Trinajstić information content (AvgIpc) is 2.66. The van der Waals surface area contributed by atoms with E-state index in [4.69, 9.17) is 9.47 Å². The highest BCUT2D eigenvalue weighted by atomic mass is 35.5. The van der Waals surface area contributed by atoms with Gasteiger partial charge in [0.2, 0.25) is 5.91 Å². The quantitative estimate of drug-likeness (QED) is 0.627. The summed E-state index contributed by atoms with van der Waals surface area (Å²) in [6, 6.07) is 3.96. The molecule has 1 aliphatic heterocycles. The standard InChI is InChI=1S/C21H32N2O3.ClH/c1-5-7-17-11-16(12-19(25-3)21(17)26-4)13-23-20(24)10-15(2)18-8-6-9-22-14-18;/h5,11-12,15,18,22H,1,6-10,13-14H2,2-4H3,(H,23,24);1H. The van der Waals surface area contributed by atoms with Crippen molar-refractivity contribution in [3.05, 3.63) is 35.9 Å². The van der Waals surface area contributed by atoms with Crippen LogP contribution in [0.15, 0.2) is 24.8 Å². The van der Waals surface area contributed by atoms with Crippen LogP contribution in [-0.4, -0.2) is 33.2 Å². The molecule has 1 heterocycles. The molecule has 1 fully saturated rings. The van der Waals surface area contributed by atoms with Gasteiger partial charge in [-0.25, -0.2) is 0 Å². The summed E-state index contributed by atoms with van der Waals surface area (Å²) in [5.74, 6) is 2.49. The highest BCUT2D eigenvalue weighted by Gasteiger charge is 2.22. The number of hydrogen-bond donors (Lipinski definition) is 2. The Labute approximate surface area is 169 Å². The number of allylic oxidation sites excluding steroid dienone is 1. The Bertz CT molecular complexity index is 616. The minimum Gasteiger partial charge on any atom is -0.493 e. The lowest BCUT2D eigenvalue weighted by atomic mass is 9.85. The number of methoxy groups -OCH3 is 2. The van der Waals surface area contributed by atoms with Crippen molar-refractivity contribution >= 4 is 18.3 Å². The van der Waals surface area contributed by atoms with E-state index in [1.54, 1.807) is 14.2 Å². The molecule has 2 rings (SSSR count). The number of rotatable bonds is 9. The third kappa shape index (κ3) is 6.74. The molecule has 1 amide bonds. The van der Waals surface area contributed by atoms with Crippen LogP contribution < -0.4 is 20.1 Å². The monoisotopic (exact) mass is 396 g/mol. The van der Waals surface area contributed by atoms with Gasteiger partial charge in [-0.2, -0.15) is 0 Å². The molecular weight excluding hydrogens is 364 g/mol. The lowest BCUT2D eigenvalue weighted by molar-refractivity contribution is -0.122. The van der Waals surface area contributed by atoms with E-state index in [2.05, 4.69) is 24.1 Å². The third-order valence-electron chi connectivity index (χ3n) is 5.12. The topological polar surface area (TPSA) is 59.6 Å². The number of halogens is 1. The summed E-state index contributed by atoms with van der Waals surface area (Å²) in [6.07, 6.45) is 5.50. The first-order chi connectivity index (χ1) is 12.6. The van der Waals surface area contributed by atoms with E-state index in [-0.39, 0.29) is 18.3 Å². The summed E-state index contributed by atoms with van der Waals surface area (Å²) in [4.78, 5) is 12.4. The van der Waals surface area contributed by atoms with E-state index in [1.807, 2.05) is 18.2 Å². The number of amides is 1. The van der Waals surface area contributed by atoms with Crippen molar-refractivity contribution in [3.8, 4) is 11.5 Å². The van der Waals surface area contributed by atoms with Crippen LogP contribution in [0.4, 0.5) is 0 Å². The molecule has 0 bridgehead atoms. The molecule has 0 radical (unpaired) electrons. The first-order valence-electron chi connectivity index (χ1n) is 9.41. The smallest absolute Gasteiger partial charge is 0.220 e. The maximum absolute atomic E-state index is 12.4. The second-order valence-corrected chi connectivity index (χ2v) is 7.05. The lowest BCUT2D eigenvalue weighted by Crippen LogP contribution is -2.35. The van der Waals surface area contributed by atoms with E-state index in [0.717, 1.165) is 30.0 Å². The van der Waals surface area contributed by atoms with Gasteiger partial charge in [-0.1, -0.05) is 13.0 Å². The van der Waals surface area contributed by atoms with E-state index in [9.17, 15) is 4.79 Å². The molecule has 27 heavy (non-hydrogen) atoms. The molecule has 1 saturated heterocycles. The minimum absolute atomic E-state index is 0. The van der Waals surface area contributed by atoms with Crippen molar-refractivity contribution in [2.75, 3.05) is 27.3 Å². The van der Waals surface area contributed by atoms with Gasteiger partial charge in [-0.05, 0) is 61.9 Å². The van der Waals surface area contributed by atoms with Gasteiger partial charge in [0.25, 0.3) is 0 Å².